The summed E-state index contributed by atoms with van der Waals surface area (Å²) in [4.78, 5) is 21.5. The lowest BCUT2D eigenvalue weighted by atomic mass is 10.6. The van der Waals surface area contributed by atoms with E-state index in [4.69, 9.17) is 6.42 Å². The number of anilines is 1. The Kier molecular flexibility index (Phi) is 3.34. The summed E-state index contributed by atoms with van der Waals surface area (Å²) in [5, 5.41) is 10.2. The fourth-order valence-corrected chi connectivity index (χ4v) is 0.611. The second kappa shape index (κ2) is 4.74. The van der Waals surface area contributed by atoms with E-state index in [-0.39, 0.29) is 18.2 Å². The van der Waals surface area contributed by atoms with Gasteiger partial charge in [0.15, 0.2) is 0 Å². The van der Waals surface area contributed by atoms with Gasteiger partial charge in [-0.05, 0) is 0 Å². The number of nitrogens with zero attached hydrogens (tertiary/aromatic N) is 3. The molecule has 0 amide bonds. The second-order valence-electron chi connectivity index (χ2n) is 2.12. The van der Waals surface area contributed by atoms with Crippen molar-refractivity contribution in [2.24, 2.45) is 0 Å². The van der Waals surface area contributed by atoms with Crippen LogP contribution < -0.4 is 5.48 Å². The number of nitro groups is 1. The van der Waals surface area contributed by atoms with Crippen LogP contribution in [0.15, 0.2) is 12.4 Å². The Morgan fingerprint density at radius 2 is 2.29 bits per heavy atom. The molecule has 1 N–H and O–H groups in total. The van der Waals surface area contributed by atoms with E-state index >= 15 is 0 Å². The third-order valence-electron chi connectivity index (χ3n) is 1.17. The van der Waals surface area contributed by atoms with Crippen LogP contribution in [0.5, 0.6) is 0 Å². The van der Waals surface area contributed by atoms with Crippen molar-refractivity contribution in [3.05, 3.63) is 22.5 Å². The molecule has 0 aromatic carbocycles. The maximum atomic E-state index is 10.2. The zero-order valence-electron chi connectivity index (χ0n) is 7.01. The minimum atomic E-state index is -0.591. The van der Waals surface area contributed by atoms with Gasteiger partial charge in [0.05, 0.1) is 4.92 Å². The van der Waals surface area contributed by atoms with Crippen LogP contribution in [0.1, 0.15) is 0 Å². The van der Waals surface area contributed by atoms with Crippen molar-refractivity contribution in [1.82, 2.24) is 9.97 Å². The summed E-state index contributed by atoms with van der Waals surface area (Å²) in [6.45, 7) is 0.0559. The van der Waals surface area contributed by atoms with E-state index in [0.29, 0.717) is 0 Å². The van der Waals surface area contributed by atoms with Gasteiger partial charge < -0.3 is 0 Å². The summed E-state index contributed by atoms with van der Waals surface area (Å²) < 4.78 is 0. The first-order chi connectivity index (χ1) is 6.74. The Morgan fingerprint density at radius 1 is 1.64 bits per heavy atom. The van der Waals surface area contributed by atoms with Crippen LogP contribution >= 0.6 is 0 Å². The van der Waals surface area contributed by atoms with Gasteiger partial charge in [-0.25, -0.2) is 15.4 Å². The lowest BCUT2D eigenvalue weighted by Crippen LogP contribution is -2.05. The molecule has 14 heavy (non-hydrogen) atoms. The van der Waals surface area contributed by atoms with Crippen LogP contribution in [0, 0.1) is 22.5 Å². The minimum Gasteiger partial charge on any atom is -0.261 e. The molecule has 0 bridgehead atoms. The van der Waals surface area contributed by atoms with Gasteiger partial charge in [0.1, 0.15) is 19.0 Å². The van der Waals surface area contributed by atoms with E-state index in [0.717, 1.165) is 12.4 Å². The predicted molar refractivity (Wildman–Crippen MR) is 47.1 cm³/mol. The van der Waals surface area contributed by atoms with E-state index in [9.17, 15) is 10.1 Å². The van der Waals surface area contributed by atoms with Gasteiger partial charge in [-0.3, -0.25) is 15.0 Å². The maximum absolute atomic E-state index is 10.2. The smallest absolute Gasteiger partial charge is 0.261 e. The highest BCUT2D eigenvalue weighted by Crippen LogP contribution is 2.07. The normalized spacial score (nSPS) is 9.07. The molecule has 0 aliphatic carbocycles. The Morgan fingerprint density at radius 3 is 2.79 bits per heavy atom. The molecule has 1 rings (SSSR count). The largest absolute Gasteiger partial charge is 0.305 e. The predicted octanol–water partition coefficient (Wildman–Crippen LogP) is 0.361. The number of terminal acetylenes is 1. The number of aromatic nitrogens is 2. The van der Waals surface area contributed by atoms with Gasteiger partial charge in [0.2, 0.25) is 5.95 Å². The molecule has 1 heterocycles. The summed E-state index contributed by atoms with van der Waals surface area (Å²) in [5.41, 5.74) is 2.14. The van der Waals surface area contributed by atoms with E-state index in [1.165, 1.54) is 0 Å². The van der Waals surface area contributed by atoms with Gasteiger partial charge in [0, 0.05) is 0 Å². The zero-order chi connectivity index (χ0) is 10.4. The monoisotopic (exact) mass is 194 g/mol. The molecule has 1 aromatic heterocycles. The lowest BCUT2D eigenvalue weighted by Gasteiger charge is -2.00. The van der Waals surface area contributed by atoms with Crippen molar-refractivity contribution >= 4 is 11.6 Å². The molecule has 0 aliphatic rings. The molecular weight excluding hydrogens is 188 g/mol. The van der Waals surface area contributed by atoms with Gasteiger partial charge >= 0.3 is 5.69 Å². The zero-order valence-corrected chi connectivity index (χ0v) is 7.01. The summed E-state index contributed by atoms with van der Waals surface area (Å²) >= 11 is 0. The van der Waals surface area contributed by atoms with Crippen molar-refractivity contribution in [2.75, 3.05) is 12.1 Å². The van der Waals surface area contributed by atoms with Crippen molar-refractivity contribution in [3.63, 3.8) is 0 Å². The molecule has 7 heteroatoms. The highest BCUT2D eigenvalue weighted by Gasteiger charge is 2.05. The average molecular weight is 194 g/mol. The van der Waals surface area contributed by atoms with Crippen LogP contribution in [0.4, 0.5) is 11.6 Å². The Labute approximate surface area is 79.2 Å². The van der Waals surface area contributed by atoms with E-state index in [2.05, 4.69) is 26.2 Å². The van der Waals surface area contributed by atoms with Gasteiger partial charge in [-0.2, -0.15) is 0 Å². The minimum absolute atomic E-state index is 0.0559. The third-order valence-corrected chi connectivity index (χ3v) is 1.17. The molecule has 0 fully saturated rings. The van der Waals surface area contributed by atoms with Crippen LogP contribution in [-0.4, -0.2) is 21.5 Å². The molecule has 0 aliphatic heterocycles. The molecule has 0 unspecified atom stereocenters. The summed E-state index contributed by atoms with van der Waals surface area (Å²) in [7, 11) is 0. The number of hydrogen-bond donors (Lipinski definition) is 1. The number of nitrogens with one attached hydrogen (secondary N) is 1. The van der Waals surface area contributed by atoms with Crippen molar-refractivity contribution in [1.29, 1.82) is 0 Å². The summed E-state index contributed by atoms with van der Waals surface area (Å²) in [5.74, 6) is 2.34. The molecule has 0 radical (unpaired) electrons. The average Bonchev–Trinajstić information content (AvgIpc) is 2.19. The van der Waals surface area contributed by atoms with Crippen LogP contribution in [0.2, 0.25) is 0 Å². The quantitative estimate of drug-likeness (QED) is 0.322. The van der Waals surface area contributed by atoms with E-state index in [1.807, 2.05) is 0 Å². The van der Waals surface area contributed by atoms with Crippen LogP contribution in [0.25, 0.3) is 0 Å². The lowest BCUT2D eigenvalue weighted by molar-refractivity contribution is -0.385. The topological polar surface area (TPSA) is 90.2 Å². The van der Waals surface area contributed by atoms with E-state index in [1.54, 1.807) is 0 Å². The fourth-order valence-electron chi connectivity index (χ4n) is 0.611. The van der Waals surface area contributed by atoms with Crippen LogP contribution in [-0.2, 0) is 4.84 Å². The first kappa shape index (κ1) is 9.88. The van der Waals surface area contributed by atoms with Gasteiger partial charge in [0.25, 0.3) is 0 Å². The molecule has 0 saturated carbocycles. The molecule has 0 saturated heterocycles. The second-order valence-corrected chi connectivity index (χ2v) is 2.12. The number of hydrogen-bond acceptors (Lipinski definition) is 6. The summed E-state index contributed by atoms with van der Waals surface area (Å²) in [6.07, 6.45) is 7.04. The number of rotatable bonds is 4. The third kappa shape index (κ3) is 2.69. The Bertz CT molecular complexity index is 356. The molecular formula is C7H6N4O3. The maximum Gasteiger partial charge on any atom is 0.305 e. The molecule has 1 aromatic rings. The van der Waals surface area contributed by atoms with Crippen LogP contribution in [0.3, 0.4) is 0 Å². The highest BCUT2D eigenvalue weighted by atomic mass is 16.6. The Hall–Kier alpha value is -2.20. The van der Waals surface area contributed by atoms with Gasteiger partial charge in [-0.1, -0.05) is 5.92 Å². The van der Waals surface area contributed by atoms with Crippen molar-refractivity contribution in [3.8, 4) is 12.3 Å². The molecule has 0 spiro atoms. The standard InChI is InChI=1S/C7H6N4O3/c1-2-3-14-10-7-8-4-6(5-9-7)11(12)13/h1,4-5H,3H2,(H,8,9,10). The first-order valence-corrected chi connectivity index (χ1v) is 3.51. The Balaban J connectivity index is 2.56. The highest BCUT2D eigenvalue weighted by molar-refractivity contribution is 5.28. The first-order valence-electron chi connectivity index (χ1n) is 3.51. The fraction of sp³-hybridized carbons (Fsp3) is 0.143. The molecule has 7 nitrogen and oxygen atoms in total. The molecule has 0 atom stereocenters. The molecule has 72 valence electrons. The summed E-state index contributed by atoms with van der Waals surface area (Å²) in [6, 6.07) is 0. The van der Waals surface area contributed by atoms with E-state index < -0.39 is 4.92 Å². The SMILES string of the molecule is C#CCONc1ncc([N+](=O)[O-])cn1. The van der Waals surface area contributed by atoms with Gasteiger partial charge in [-0.15, -0.1) is 6.42 Å². The van der Waals surface area contributed by atoms with Crippen molar-refractivity contribution < 1.29 is 9.76 Å². The van der Waals surface area contributed by atoms with Crippen molar-refractivity contribution in [2.45, 2.75) is 0 Å².